The minimum absolute atomic E-state index is 0. The molecule has 136 valence electrons. The molecule has 0 spiro atoms. The first-order valence-corrected chi connectivity index (χ1v) is 9.28. The van der Waals surface area contributed by atoms with Crippen LogP contribution in [0.25, 0.3) is 0 Å². The van der Waals surface area contributed by atoms with E-state index in [-0.39, 0.29) is 24.1 Å². The zero-order valence-corrected chi connectivity index (χ0v) is 15.2. The molecule has 0 atom stereocenters. The predicted octanol–water partition coefficient (Wildman–Crippen LogP) is 1.71. The van der Waals surface area contributed by atoms with Crippen LogP contribution in [0.5, 0.6) is 0 Å². The van der Waals surface area contributed by atoms with Crippen LogP contribution in [0, 0.1) is 0 Å². The molecular weight excluding hydrogens is 354 g/mol. The van der Waals surface area contributed by atoms with E-state index in [0.29, 0.717) is 43.9 Å². The van der Waals surface area contributed by atoms with Crippen LogP contribution in [0.15, 0.2) is 24.3 Å². The van der Waals surface area contributed by atoms with Crippen molar-refractivity contribution in [3.05, 3.63) is 24.3 Å². The first-order valence-electron chi connectivity index (χ1n) is 7.63. The number of nitrogens with one attached hydrogen (secondary N) is 2. The van der Waals surface area contributed by atoms with E-state index in [0.717, 1.165) is 0 Å². The largest absolute Gasteiger partial charge is 0.381 e. The molecule has 2 rings (SSSR count). The summed E-state index contributed by atoms with van der Waals surface area (Å²) < 4.78 is 31.3. The van der Waals surface area contributed by atoms with Crippen molar-refractivity contribution in [2.45, 2.75) is 31.7 Å². The molecule has 24 heavy (non-hydrogen) atoms. The van der Waals surface area contributed by atoms with Crippen molar-refractivity contribution in [3.63, 3.8) is 0 Å². The SMILES string of the molecule is CCCS(=O)(=O)Nc1cccc(NC(=O)C2(N)CCOCC2)c1.Cl. The maximum atomic E-state index is 12.4. The van der Waals surface area contributed by atoms with Crippen molar-refractivity contribution < 1.29 is 17.9 Å². The summed E-state index contributed by atoms with van der Waals surface area (Å²) in [4.78, 5) is 12.4. The Bertz CT molecular complexity index is 660. The fraction of sp³-hybridized carbons (Fsp3) is 0.533. The molecule has 1 aliphatic heterocycles. The van der Waals surface area contributed by atoms with E-state index in [4.69, 9.17) is 10.5 Å². The topological polar surface area (TPSA) is 111 Å². The summed E-state index contributed by atoms with van der Waals surface area (Å²) in [6.07, 6.45) is 1.45. The number of anilines is 2. The third-order valence-electron chi connectivity index (χ3n) is 3.70. The van der Waals surface area contributed by atoms with Crippen LogP contribution < -0.4 is 15.8 Å². The molecule has 1 amide bonds. The minimum atomic E-state index is -3.37. The van der Waals surface area contributed by atoms with Crippen LogP contribution in [-0.4, -0.2) is 38.8 Å². The molecule has 1 heterocycles. The lowest BCUT2D eigenvalue weighted by atomic mass is 9.90. The zero-order valence-electron chi connectivity index (χ0n) is 13.6. The van der Waals surface area contributed by atoms with Crippen LogP contribution in [0.3, 0.4) is 0 Å². The highest BCUT2D eigenvalue weighted by molar-refractivity contribution is 7.92. The summed E-state index contributed by atoms with van der Waals surface area (Å²) in [6, 6.07) is 6.58. The van der Waals surface area contributed by atoms with Crippen molar-refractivity contribution in [1.29, 1.82) is 0 Å². The van der Waals surface area contributed by atoms with Crippen molar-refractivity contribution in [3.8, 4) is 0 Å². The Labute approximate surface area is 148 Å². The quantitative estimate of drug-likeness (QED) is 0.698. The minimum Gasteiger partial charge on any atom is -0.381 e. The van der Waals surface area contributed by atoms with Gasteiger partial charge in [0.05, 0.1) is 11.4 Å². The van der Waals surface area contributed by atoms with Gasteiger partial charge in [0.2, 0.25) is 15.9 Å². The average molecular weight is 378 g/mol. The fourth-order valence-corrected chi connectivity index (χ4v) is 3.50. The molecule has 0 radical (unpaired) electrons. The lowest BCUT2D eigenvalue weighted by Gasteiger charge is -2.31. The number of sulfonamides is 1. The molecule has 1 aliphatic rings. The number of ether oxygens (including phenoxy) is 1. The number of carbonyl (C=O) groups excluding carboxylic acids is 1. The molecule has 0 saturated carbocycles. The molecule has 0 aromatic heterocycles. The Hall–Kier alpha value is -1.35. The van der Waals surface area contributed by atoms with E-state index in [1.54, 1.807) is 31.2 Å². The number of amides is 1. The summed E-state index contributed by atoms with van der Waals surface area (Å²) >= 11 is 0. The Morgan fingerprint density at radius 3 is 2.54 bits per heavy atom. The van der Waals surface area contributed by atoms with Crippen LogP contribution >= 0.6 is 12.4 Å². The molecule has 1 saturated heterocycles. The lowest BCUT2D eigenvalue weighted by molar-refractivity contribution is -0.124. The van der Waals surface area contributed by atoms with Gasteiger partial charge in [-0.25, -0.2) is 8.42 Å². The van der Waals surface area contributed by atoms with Gasteiger partial charge in [0.25, 0.3) is 0 Å². The second-order valence-electron chi connectivity index (χ2n) is 5.72. The second-order valence-corrected chi connectivity index (χ2v) is 7.57. The maximum absolute atomic E-state index is 12.4. The number of rotatable bonds is 6. The van der Waals surface area contributed by atoms with E-state index < -0.39 is 15.6 Å². The molecule has 9 heteroatoms. The van der Waals surface area contributed by atoms with Crippen molar-refractivity contribution in [2.24, 2.45) is 5.73 Å². The van der Waals surface area contributed by atoms with Gasteiger partial charge in [0, 0.05) is 18.9 Å². The van der Waals surface area contributed by atoms with Gasteiger partial charge in [-0.05, 0) is 37.5 Å². The molecule has 0 aliphatic carbocycles. The van der Waals surface area contributed by atoms with Crippen molar-refractivity contribution in [1.82, 2.24) is 0 Å². The van der Waals surface area contributed by atoms with Gasteiger partial charge in [0.15, 0.2) is 0 Å². The maximum Gasteiger partial charge on any atom is 0.244 e. The monoisotopic (exact) mass is 377 g/mol. The van der Waals surface area contributed by atoms with Crippen molar-refractivity contribution in [2.75, 3.05) is 29.0 Å². The van der Waals surface area contributed by atoms with E-state index in [1.807, 2.05) is 0 Å². The summed E-state index contributed by atoms with van der Waals surface area (Å²) in [6.45, 7) is 2.71. The van der Waals surface area contributed by atoms with Gasteiger partial charge in [-0.3, -0.25) is 9.52 Å². The number of benzene rings is 1. The summed E-state index contributed by atoms with van der Waals surface area (Å²) in [7, 11) is -3.37. The molecule has 0 bridgehead atoms. The Morgan fingerprint density at radius 2 is 1.92 bits per heavy atom. The van der Waals surface area contributed by atoms with E-state index in [9.17, 15) is 13.2 Å². The highest BCUT2D eigenvalue weighted by atomic mass is 35.5. The first-order chi connectivity index (χ1) is 10.8. The van der Waals surface area contributed by atoms with Gasteiger partial charge in [0.1, 0.15) is 5.54 Å². The van der Waals surface area contributed by atoms with Crippen LogP contribution in [0.2, 0.25) is 0 Å². The summed E-state index contributed by atoms with van der Waals surface area (Å²) in [5.41, 5.74) is 6.09. The molecule has 1 aromatic carbocycles. The first kappa shape index (κ1) is 20.7. The van der Waals surface area contributed by atoms with Crippen LogP contribution in [0.4, 0.5) is 11.4 Å². The average Bonchev–Trinajstić information content (AvgIpc) is 2.47. The number of halogens is 1. The molecular formula is C15H24ClN3O4S. The third kappa shape index (κ3) is 5.62. The Morgan fingerprint density at radius 1 is 1.29 bits per heavy atom. The third-order valence-corrected chi connectivity index (χ3v) is 5.20. The highest BCUT2D eigenvalue weighted by Gasteiger charge is 2.35. The van der Waals surface area contributed by atoms with Gasteiger partial charge in [-0.1, -0.05) is 13.0 Å². The lowest BCUT2D eigenvalue weighted by Crippen LogP contribution is -2.54. The number of hydrogen-bond donors (Lipinski definition) is 3. The fourth-order valence-electron chi connectivity index (χ4n) is 2.38. The predicted molar refractivity (Wildman–Crippen MR) is 97.0 cm³/mol. The van der Waals surface area contributed by atoms with Gasteiger partial charge >= 0.3 is 0 Å². The number of nitrogens with two attached hydrogens (primary N) is 1. The van der Waals surface area contributed by atoms with E-state index >= 15 is 0 Å². The zero-order chi connectivity index (χ0) is 16.9. The molecule has 1 fully saturated rings. The Kier molecular flexibility index (Phi) is 7.47. The van der Waals surface area contributed by atoms with E-state index in [1.165, 1.54) is 0 Å². The Balaban J connectivity index is 0.00000288. The standard InChI is InChI=1S/C15H23N3O4S.ClH/c1-2-10-23(20,21)18-13-5-3-4-12(11-13)17-14(19)15(16)6-8-22-9-7-15;/h3-5,11,18H,2,6-10,16H2,1H3,(H,17,19);1H. The van der Waals surface area contributed by atoms with Gasteiger partial charge in [-0.2, -0.15) is 0 Å². The van der Waals surface area contributed by atoms with Crippen molar-refractivity contribution >= 4 is 39.7 Å². The van der Waals surface area contributed by atoms with Gasteiger partial charge < -0.3 is 15.8 Å². The molecule has 0 unspecified atom stereocenters. The van der Waals surface area contributed by atoms with Crippen LogP contribution in [0.1, 0.15) is 26.2 Å². The molecule has 7 nitrogen and oxygen atoms in total. The molecule has 4 N–H and O–H groups in total. The van der Waals surface area contributed by atoms with Crippen LogP contribution in [-0.2, 0) is 19.6 Å². The van der Waals surface area contributed by atoms with E-state index in [2.05, 4.69) is 10.0 Å². The van der Waals surface area contributed by atoms with Gasteiger partial charge in [-0.15, -0.1) is 12.4 Å². The second kappa shape index (κ2) is 8.66. The summed E-state index contributed by atoms with van der Waals surface area (Å²) in [5, 5.41) is 2.76. The number of hydrogen-bond acceptors (Lipinski definition) is 5. The molecule has 1 aromatic rings. The number of carbonyl (C=O) groups is 1. The normalized spacial score (nSPS) is 16.8. The smallest absolute Gasteiger partial charge is 0.244 e. The highest BCUT2D eigenvalue weighted by Crippen LogP contribution is 2.22. The summed E-state index contributed by atoms with van der Waals surface area (Å²) in [5.74, 6) is -0.232.